The fourth-order valence-electron chi connectivity index (χ4n) is 3.48. The molecular weight excluding hydrogens is 374 g/mol. The minimum atomic E-state index is -0.285. The lowest BCUT2D eigenvalue weighted by Gasteiger charge is -2.22. The maximum Gasteiger partial charge on any atom is 0.348 e. The van der Waals surface area contributed by atoms with E-state index < -0.39 is 0 Å². The molecule has 1 aromatic heterocycles. The van der Waals surface area contributed by atoms with Gasteiger partial charge in [0.15, 0.2) is 0 Å². The number of aryl methyl sites for hydroxylation is 1. The smallest absolute Gasteiger partial charge is 0.348 e. The van der Waals surface area contributed by atoms with Crippen molar-refractivity contribution in [3.05, 3.63) is 51.6 Å². The van der Waals surface area contributed by atoms with Gasteiger partial charge >= 0.3 is 5.69 Å². The number of benzene rings is 1. The normalized spacial score (nSPS) is 13.2. The van der Waals surface area contributed by atoms with Crippen LogP contribution in [0.5, 0.6) is 0 Å². The highest BCUT2D eigenvalue weighted by atomic mass is 32.2. The second-order valence-corrected chi connectivity index (χ2v) is 7.91. The summed E-state index contributed by atoms with van der Waals surface area (Å²) in [4.78, 5) is 29.1. The second kappa shape index (κ2) is 9.89. The molecule has 0 saturated heterocycles. The van der Waals surface area contributed by atoms with Crippen molar-refractivity contribution in [1.29, 1.82) is 0 Å². The zero-order chi connectivity index (χ0) is 19.9. The molecule has 0 spiro atoms. The molecule has 0 saturated carbocycles. The van der Waals surface area contributed by atoms with Gasteiger partial charge in [-0.25, -0.2) is 4.79 Å². The molecule has 150 valence electrons. The van der Waals surface area contributed by atoms with Gasteiger partial charge in [0.1, 0.15) is 5.03 Å². The summed E-state index contributed by atoms with van der Waals surface area (Å²) < 4.78 is 1.70. The van der Waals surface area contributed by atoms with Gasteiger partial charge in [-0.3, -0.25) is 9.36 Å². The first-order chi connectivity index (χ1) is 13.6. The van der Waals surface area contributed by atoms with Crippen molar-refractivity contribution in [2.45, 2.75) is 57.0 Å². The molecule has 1 aliphatic rings. The van der Waals surface area contributed by atoms with Crippen molar-refractivity contribution >= 4 is 23.4 Å². The Morgan fingerprint density at radius 1 is 1.25 bits per heavy atom. The van der Waals surface area contributed by atoms with Gasteiger partial charge in [-0.1, -0.05) is 30.8 Å². The average Bonchev–Trinajstić information content (AvgIpc) is 2.72. The molecule has 0 unspecified atom stereocenters. The van der Waals surface area contributed by atoms with Gasteiger partial charge in [-0.2, -0.15) is 4.98 Å². The lowest BCUT2D eigenvalue weighted by atomic mass is 9.97. The van der Waals surface area contributed by atoms with Crippen LogP contribution in [0.3, 0.4) is 0 Å². The third kappa shape index (κ3) is 5.02. The maximum absolute atomic E-state index is 12.5. The summed E-state index contributed by atoms with van der Waals surface area (Å²) >= 11 is 1.33. The van der Waals surface area contributed by atoms with Crippen LogP contribution < -0.4 is 11.0 Å². The standard InChI is InChI=1S/C21H27N3O3S/c1-2-15-8-10-16(11-9-15)22-19(26)14-28-20-17-6-3-4-7-18(17)24(12-5-13-25)21(27)23-20/h8-11,25H,2-7,12-14H2,1H3,(H,22,26). The van der Waals surface area contributed by atoms with Gasteiger partial charge in [0.25, 0.3) is 0 Å². The number of thioether (sulfide) groups is 1. The third-order valence-corrected chi connectivity index (χ3v) is 5.99. The molecule has 2 aromatic rings. The van der Waals surface area contributed by atoms with Gasteiger partial charge in [-0.05, 0) is 56.2 Å². The first-order valence-electron chi connectivity index (χ1n) is 9.87. The molecule has 0 aliphatic heterocycles. The number of rotatable bonds is 8. The lowest BCUT2D eigenvalue weighted by molar-refractivity contribution is -0.113. The highest BCUT2D eigenvalue weighted by molar-refractivity contribution is 8.00. The van der Waals surface area contributed by atoms with Crippen LogP contribution in [0.4, 0.5) is 5.69 Å². The number of nitrogens with zero attached hydrogens (tertiary/aromatic N) is 2. The Bertz CT molecular complexity index is 878. The number of hydrogen-bond acceptors (Lipinski definition) is 5. The quantitative estimate of drug-likeness (QED) is 0.525. The number of fused-ring (bicyclic) bond motifs is 1. The van der Waals surface area contributed by atoms with Crippen LogP contribution >= 0.6 is 11.8 Å². The van der Waals surface area contributed by atoms with Crippen molar-refractivity contribution in [2.24, 2.45) is 0 Å². The summed E-state index contributed by atoms with van der Waals surface area (Å²) in [6.45, 7) is 2.64. The van der Waals surface area contributed by atoms with Crippen LogP contribution in [0.1, 0.15) is 43.0 Å². The molecule has 0 radical (unpaired) electrons. The number of hydrogen-bond donors (Lipinski definition) is 2. The first kappa shape index (κ1) is 20.6. The first-order valence-corrected chi connectivity index (χ1v) is 10.9. The van der Waals surface area contributed by atoms with Crippen molar-refractivity contribution in [1.82, 2.24) is 9.55 Å². The molecule has 1 aromatic carbocycles. The number of amides is 1. The van der Waals surface area contributed by atoms with Crippen molar-refractivity contribution in [3.8, 4) is 0 Å². The Labute approximate surface area is 169 Å². The van der Waals surface area contributed by atoms with E-state index in [2.05, 4.69) is 17.2 Å². The molecule has 1 aliphatic carbocycles. The average molecular weight is 402 g/mol. The van der Waals surface area contributed by atoms with Gasteiger partial charge < -0.3 is 10.4 Å². The Morgan fingerprint density at radius 2 is 2.00 bits per heavy atom. The zero-order valence-electron chi connectivity index (χ0n) is 16.2. The Balaban J connectivity index is 1.70. The van der Waals surface area contributed by atoms with Crippen LogP contribution in [0, 0.1) is 0 Å². The zero-order valence-corrected chi connectivity index (χ0v) is 17.1. The summed E-state index contributed by atoms with van der Waals surface area (Å²) in [6, 6.07) is 7.83. The van der Waals surface area contributed by atoms with Crippen LogP contribution in [0.25, 0.3) is 0 Å². The topological polar surface area (TPSA) is 84.2 Å². The molecule has 2 N–H and O–H groups in total. The number of anilines is 1. The predicted molar refractivity (Wildman–Crippen MR) is 112 cm³/mol. The van der Waals surface area contributed by atoms with Crippen LogP contribution in [0.2, 0.25) is 0 Å². The van der Waals surface area contributed by atoms with E-state index in [4.69, 9.17) is 5.11 Å². The lowest BCUT2D eigenvalue weighted by Crippen LogP contribution is -2.30. The van der Waals surface area contributed by atoms with E-state index in [9.17, 15) is 9.59 Å². The number of nitrogens with one attached hydrogen (secondary N) is 1. The Hall–Kier alpha value is -2.12. The summed E-state index contributed by atoms with van der Waals surface area (Å²) in [5.74, 6) is 0.111. The second-order valence-electron chi connectivity index (χ2n) is 6.95. The molecule has 6 nitrogen and oxygen atoms in total. The largest absolute Gasteiger partial charge is 0.396 e. The third-order valence-electron chi connectivity index (χ3n) is 4.98. The van der Waals surface area contributed by atoms with Crippen molar-refractivity contribution in [3.63, 3.8) is 0 Å². The molecule has 3 rings (SSSR count). The number of carbonyl (C=O) groups excluding carboxylic acids is 1. The van der Waals surface area contributed by atoms with E-state index in [0.29, 0.717) is 18.0 Å². The van der Waals surface area contributed by atoms with Gasteiger partial charge in [0, 0.05) is 30.1 Å². The Kier molecular flexibility index (Phi) is 7.28. The van der Waals surface area contributed by atoms with E-state index in [0.717, 1.165) is 49.0 Å². The van der Waals surface area contributed by atoms with Crippen molar-refractivity contribution in [2.75, 3.05) is 17.7 Å². The Morgan fingerprint density at radius 3 is 2.71 bits per heavy atom. The highest BCUT2D eigenvalue weighted by Gasteiger charge is 2.21. The number of aliphatic hydroxyl groups excluding tert-OH is 1. The molecule has 0 fully saturated rings. The van der Waals surface area contributed by atoms with E-state index in [1.165, 1.54) is 17.3 Å². The highest BCUT2D eigenvalue weighted by Crippen LogP contribution is 2.28. The molecule has 1 heterocycles. The van der Waals surface area contributed by atoms with E-state index in [-0.39, 0.29) is 24.0 Å². The molecular formula is C21H27N3O3S. The number of aromatic nitrogens is 2. The van der Waals surface area contributed by atoms with E-state index >= 15 is 0 Å². The summed E-state index contributed by atoms with van der Waals surface area (Å²) in [5.41, 5.74) is 3.83. The minimum absolute atomic E-state index is 0.0527. The van der Waals surface area contributed by atoms with Crippen LogP contribution in [-0.4, -0.2) is 32.9 Å². The fourth-order valence-corrected chi connectivity index (χ4v) is 4.36. The number of carbonyl (C=O) groups is 1. The molecule has 28 heavy (non-hydrogen) atoms. The van der Waals surface area contributed by atoms with Gasteiger partial charge in [-0.15, -0.1) is 0 Å². The van der Waals surface area contributed by atoms with E-state index in [1.54, 1.807) is 4.57 Å². The van der Waals surface area contributed by atoms with E-state index in [1.807, 2.05) is 24.3 Å². The maximum atomic E-state index is 12.5. The molecule has 7 heteroatoms. The van der Waals surface area contributed by atoms with Gasteiger partial charge in [0.2, 0.25) is 5.91 Å². The van der Waals surface area contributed by atoms with Crippen LogP contribution in [-0.2, 0) is 30.6 Å². The molecule has 0 bridgehead atoms. The SMILES string of the molecule is CCc1ccc(NC(=O)CSc2nc(=O)n(CCCO)c3c2CCCC3)cc1. The van der Waals surface area contributed by atoms with Crippen molar-refractivity contribution < 1.29 is 9.90 Å². The monoisotopic (exact) mass is 401 g/mol. The molecule has 1 amide bonds. The number of aliphatic hydroxyl groups is 1. The summed E-state index contributed by atoms with van der Waals surface area (Å²) in [5, 5.41) is 12.7. The fraction of sp³-hybridized carbons (Fsp3) is 0.476. The predicted octanol–water partition coefficient (Wildman–Crippen LogP) is 2.80. The van der Waals surface area contributed by atoms with Gasteiger partial charge in [0.05, 0.1) is 5.75 Å². The summed E-state index contributed by atoms with van der Waals surface area (Å²) in [7, 11) is 0. The molecule has 0 atom stereocenters. The van der Waals surface area contributed by atoms with Crippen LogP contribution in [0.15, 0.2) is 34.1 Å². The minimum Gasteiger partial charge on any atom is -0.396 e. The summed E-state index contributed by atoms with van der Waals surface area (Å²) in [6.07, 6.45) is 5.35.